The fourth-order valence-corrected chi connectivity index (χ4v) is 2.38. The summed E-state index contributed by atoms with van der Waals surface area (Å²) >= 11 is 0. The Morgan fingerprint density at radius 1 is 1.43 bits per heavy atom. The summed E-state index contributed by atoms with van der Waals surface area (Å²) < 4.78 is 0. The molecular weight excluding hydrogens is 172 g/mol. The summed E-state index contributed by atoms with van der Waals surface area (Å²) in [5.74, 6) is 1.95. The molecule has 0 spiro atoms. The SMILES string of the molecule is CNCC(C)(C)CN(C)CC1CC1C. The molecule has 1 aliphatic carbocycles. The normalized spacial score (nSPS) is 27.0. The van der Waals surface area contributed by atoms with Crippen molar-refractivity contribution >= 4 is 0 Å². The Kier molecular flexibility index (Phi) is 3.96. The minimum absolute atomic E-state index is 0.391. The molecule has 1 saturated carbocycles. The second-order valence-corrected chi connectivity index (χ2v) is 5.86. The van der Waals surface area contributed by atoms with E-state index in [4.69, 9.17) is 0 Å². The van der Waals surface area contributed by atoms with Crippen LogP contribution in [0.4, 0.5) is 0 Å². The molecule has 1 N–H and O–H groups in total. The third kappa shape index (κ3) is 3.97. The predicted molar refractivity (Wildman–Crippen MR) is 62.5 cm³/mol. The predicted octanol–water partition coefficient (Wildman–Crippen LogP) is 1.82. The molecule has 0 aliphatic heterocycles. The van der Waals surface area contributed by atoms with E-state index in [0.29, 0.717) is 5.41 Å². The lowest BCUT2D eigenvalue weighted by Crippen LogP contribution is -2.38. The quantitative estimate of drug-likeness (QED) is 0.700. The van der Waals surface area contributed by atoms with Gasteiger partial charge in [0, 0.05) is 19.6 Å². The summed E-state index contributed by atoms with van der Waals surface area (Å²) in [5.41, 5.74) is 0.391. The zero-order valence-corrected chi connectivity index (χ0v) is 10.4. The number of nitrogens with zero attached hydrogens (tertiary/aromatic N) is 1. The molecular formula is C12H26N2. The maximum absolute atomic E-state index is 3.26. The molecule has 0 radical (unpaired) electrons. The second kappa shape index (κ2) is 4.63. The van der Waals surface area contributed by atoms with Crippen molar-refractivity contribution in [3.8, 4) is 0 Å². The first-order chi connectivity index (χ1) is 6.44. The molecule has 0 aromatic carbocycles. The second-order valence-electron chi connectivity index (χ2n) is 5.86. The topological polar surface area (TPSA) is 15.3 Å². The van der Waals surface area contributed by atoms with E-state index >= 15 is 0 Å². The summed E-state index contributed by atoms with van der Waals surface area (Å²) in [7, 11) is 4.28. The van der Waals surface area contributed by atoms with Gasteiger partial charge in [-0.3, -0.25) is 0 Å². The zero-order valence-electron chi connectivity index (χ0n) is 10.4. The third-order valence-electron chi connectivity index (χ3n) is 3.18. The van der Waals surface area contributed by atoms with Gasteiger partial charge in [-0.1, -0.05) is 20.8 Å². The van der Waals surface area contributed by atoms with Crippen LogP contribution in [0.15, 0.2) is 0 Å². The van der Waals surface area contributed by atoms with Crippen LogP contribution in [-0.2, 0) is 0 Å². The Bertz CT molecular complexity index is 177. The highest BCUT2D eigenvalue weighted by Crippen LogP contribution is 2.38. The lowest BCUT2D eigenvalue weighted by molar-refractivity contribution is 0.199. The monoisotopic (exact) mass is 198 g/mol. The van der Waals surface area contributed by atoms with Gasteiger partial charge in [0.25, 0.3) is 0 Å². The van der Waals surface area contributed by atoms with E-state index in [1.165, 1.54) is 19.5 Å². The minimum Gasteiger partial charge on any atom is -0.319 e. The largest absolute Gasteiger partial charge is 0.319 e. The average Bonchev–Trinajstić information content (AvgIpc) is 2.63. The van der Waals surface area contributed by atoms with Crippen molar-refractivity contribution in [2.75, 3.05) is 33.7 Å². The fourth-order valence-electron chi connectivity index (χ4n) is 2.38. The molecule has 14 heavy (non-hydrogen) atoms. The van der Waals surface area contributed by atoms with Gasteiger partial charge in [0.15, 0.2) is 0 Å². The van der Waals surface area contributed by atoms with E-state index in [9.17, 15) is 0 Å². The van der Waals surface area contributed by atoms with E-state index in [1.54, 1.807) is 0 Å². The lowest BCUT2D eigenvalue weighted by Gasteiger charge is -2.30. The average molecular weight is 198 g/mol. The van der Waals surface area contributed by atoms with Gasteiger partial charge in [-0.05, 0) is 37.8 Å². The van der Waals surface area contributed by atoms with Crippen LogP contribution < -0.4 is 5.32 Å². The van der Waals surface area contributed by atoms with Crippen LogP contribution in [0, 0.1) is 17.3 Å². The summed E-state index contributed by atoms with van der Waals surface area (Å²) in [6, 6.07) is 0. The van der Waals surface area contributed by atoms with Crippen LogP contribution in [0.1, 0.15) is 27.2 Å². The van der Waals surface area contributed by atoms with E-state index in [2.05, 4.69) is 38.0 Å². The minimum atomic E-state index is 0.391. The molecule has 2 atom stereocenters. The van der Waals surface area contributed by atoms with Crippen LogP contribution in [-0.4, -0.2) is 38.6 Å². The van der Waals surface area contributed by atoms with Crippen LogP contribution in [0.2, 0.25) is 0 Å². The number of hydrogen-bond donors (Lipinski definition) is 1. The number of rotatable bonds is 6. The molecule has 0 saturated heterocycles. The summed E-state index contributed by atoms with van der Waals surface area (Å²) in [6.07, 6.45) is 1.44. The fraction of sp³-hybridized carbons (Fsp3) is 1.00. The number of nitrogens with one attached hydrogen (secondary N) is 1. The summed E-state index contributed by atoms with van der Waals surface area (Å²) in [5, 5.41) is 3.26. The van der Waals surface area contributed by atoms with Crippen LogP contribution >= 0.6 is 0 Å². The molecule has 2 unspecified atom stereocenters. The van der Waals surface area contributed by atoms with E-state index < -0.39 is 0 Å². The molecule has 2 nitrogen and oxygen atoms in total. The van der Waals surface area contributed by atoms with Crippen molar-refractivity contribution in [1.29, 1.82) is 0 Å². The van der Waals surface area contributed by atoms with Crippen molar-refractivity contribution in [2.24, 2.45) is 17.3 Å². The van der Waals surface area contributed by atoms with Gasteiger partial charge in [-0.2, -0.15) is 0 Å². The molecule has 0 bridgehead atoms. The Balaban J connectivity index is 2.21. The Labute approximate surface area is 89.1 Å². The summed E-state index contributed by atoms with van der Waals surface area (Å²) in [6.45, 7) is 10.6. The van der Waals surface area contributed by atoms with E-state index in [1.807, 2.05) is 7.05 Å². The van der Waals surface area contributed by atoms with Gasteiger partial charge in [0.2, 0.25) is 0 Å². The molecule has 1 fully saturated rings. The summed E-state index contributed by atoms with van der Waals surface area (Å²) in [4.78, 5) is 2.49. The Morgan fingerprint density at radius 3 is 2.43 bits per heavy atom. The first-order valence-electron chi connectivity index (χ1n) is 5.78. The molecule has 2 heteroatoms. The number of hydrogen-bond acceptors (Lipinski definition) is 2. The van der Waals surface area contributed by atoms with Gasteiger partial charge in [-0.25, -0.2) is 0 Å². The standard InChI is InChI=1S/C12H26N2/c1-10-6-11(10)7-14(5)9-12(2,3)8-13-4/h10-11,13H,6-9H2,1-5H3. The van der Waals surface area contributed by atoms with E-state index in [0.717, 1.165) is 18.4 Å². The highest BCUT2D eigenvalue weighted by molar-refractivity contribution is 4.85. The lowest BCUT2D eigenvalue weighted by atomic mass is 9.93. The van der Waals surface area contributed by atoms with Crippen LogP contribution in [0.3, 0.4) is 0 Å². The first kappa shape index (κ1) is 12.0. The molecule has 1 rings (SSSR count). The highest BCUT2D eigenvalue weighted by atomic mass is 15.1. The molecule has 1 aliphatic rings. The van der Waals surface area contributed by atoms with Crippen molar-refractivity contribution in [2.45, 2.75) is 27.2 Å². The smallest absolute Gasteiger partial charge is 0.00419 e. The van der Waals surface area contributed by atoms with Crippen molar-refractivity contribution < 1.29 is 0 Å². The zero-order chi connectivity index (χ0) is 10.8. The maximum atomic E-state index is 3.26. The van der Waals surface area contributed by atoms with Gasteiger partial charge in [0.1, 0.15) is 0 Å². The maximum Gasteiger partial charge on any atom is 0.00419 e. The first-order valence-corrected chi connectivity index (χ1v) is 5.78. The van der Waals surface area contributed by atoms with E-state index in [-0.39, 0.29) is 0 Å². The molecule has 0 amide bonds. The van der Waals surface area contributed by atoms with Gasteiger partial charge >= 0.3 is 0 Å². The molecule has 0 aromatic heterocycles. The third-order valence-corrected chi connectivity index (χ3v) is 3.18. The van der Waals surface area contributed by atoms with Gasteiger partial charge < -0.3 is 10.2 Å². The molecule has 0 aromatic rings. The molecule has 0 heterocycles. The van der Waals surface area contributed by atoms with Gasteiger partial charge in [-0.15, -0.1) is 0 Å². The van der Waals surface area contributed by atoms with Crippen molar-refractivity contribution in [3.05, 3.63) is 0 Å². The van der Waals surface area contributed by atoms with Gasteiger partial charge in [0.05, 0.1) is 0 Å². The Hall–Kier alpha value is -0.0800. The van der Waals surface area contributed by atoms with Crippen LogP contribution in [0.25, 0.3) is 0 Å². The van der Waals surface area contributed by atoms with Crippen molar-refractivity contribution in [1.82, 2.24) is 10.2 Å². The van der Waals surface area contributed by atoms with Crippen LogP contribution in [0.5, 0.6) is 0 Å². The molecule has 84 valence electrons. The van der Waals surface area contributed by atoms with Crippen molar-refractivity contribution in [3.63, 3.8) is 0 Å². The highest BCUT2D eigenvalue weighted by Gasteiger charge is 2.33. The Morgan fingerprint density at radius 2 is 2.00 bits per heavy atom.